The minimum atomic E-state index is -0.858. The van der Waals surface area contributed by atoms with Crippen LogP contribution in [0.2, 0.25) is 0 Å². The van der Waals surface area contributed by atoms with Crippen molar-refractivity contribution in [3.63, 3.8) is 0 Å². The number of aromatic nitrogens is 1. The van der Waals surface area contributed by atoms with E-state index >= 15 is 0 Å². The molecule has 2 saturated heterocycles. The maximum absolute atomic E-state index is 13.3. The number of ether oxygens (including phenoxy) is 2. The number of aryl methyl sites for hydroxylation is 1. The van der Waals surface area contributed by atoms with Crippen LogP contribution in [-0.4, -0.2) is 47.8 Å². The van der Waals surface area contributed by atoms with E-state index in [0.29, 0.717) is 22.8 Å². The minimum absolute atomic E-state index is 0.222. The highest BCUT2D eigenvalue weighted by Crippen LogP contribution is 2.52. The zero-order valence-electron chi connectivity index (χ0n) is 17.0. The lowest BCUT2D eigenvalue weighted by Crippen LogP contribution is -2.41. The van der Waals surface area contributed by atoms with Crippen LogP contribution in [0.4, 0.5) is 11.5 Å². The predicted molar refractivity (Wildman–Crippen MR) is 108 cm³/mol. The summed E-state index contributed by atoms with van der Waals surface area (Å²) >= 11 is 0. The lowest BCUT2D eigenvalue weighted by atomic mass is 9.76. The van der Waals surface area contributed by atoms with Gasteiger partial charge in [-0.05, 0) is 32.0 Å². The Morgan fingerprint density at radius 3 is 2.94 bits per heavy atom. The van der Waals surface area contributed by atoms with Crippen LogP contribution in [0, 0.1) is 18.8 Å². The Kier molecular flexibility index (Phi) is 4.44. The summed E-state index contributed by atoms with van der Waals surface area (Å²) in [5, 5.41) is 6.77. The highest BCUT2D eigenvalue weighted by molar-refractivity contribution is 6.05. The first-order valence-electron chi connectivity index (χ1n) is 10.1. The van der Waals surface area contributed by atoms with E-state index in [0.717, 1.165) is 0 Å². The van der Waals surface area contributed by atoms with Crippen LogP contribution >= 0.6 is 0 Å². The van der Waals surface area contributed by atoms with E-state index < -0.39 is 29.5 Å². The topological polar surface area (TPSA) is 111 Å². The van der Waals surface area contributed by atoms with Gasteiger partial charge in [-0.25, -0.2) is 4.79 Å². The van der Waals surface area contributed by atoms with Gasteiger partial charge in [0.1, 0.15) is 11.4 Å². The van der Waals surface area contributed by atoms with E-state index in [1.807, 2.05) is 12.2 Å². The molecule has 1 aromatic heterocycles. The van der Waals surface area contributed by atoms with Crippen LogP contribution in [0.25, 0.3) is 0 Å². The van der Waals surface area contributed by atoms with Crippen molar-refractivity contribution in [2.45, 2.75) is 25.6 Å². The Morgan fingerprint density at radius 1 is 1.35 bits per heavy atom. The van der Waals surface area contributed by atoms with Gasteiger partial charge in [-0.3, -0.25) is 14.5 Å². The first kappa shape index (κ1) is 19.5. The van der Waals surface area contributed by atoms with Crippen molar-refractivity contribution >= 4 is 29.3 Å². The fraction of sp³-hybridized carbons (Fsp3) is 0.364. The van der Waals surface area contributed by atoms with E-state index in [4.69, 9.17) is 14.0 Å². The van der Waals surface area contributed by atoms with E-state index in [-0.39, 0.29) is 25.0 Å². The van der Waals surface area contributed by atoms with Gasteiger partial charge in [0.2, 0.25) is 11.8 Å². The molecule has 160 valence electrons. The third kappa shape index (κ3) is 3.04. The smallest absolute Gasteiger partial charge is 0.338 e. The molecule has 1 aromatic carbocycles. The van der Waals surface area contributed by atoms with Crippen molar-refractivity contribution in [3.8, 4) is 0 Å². The molecule has 5 rings (SSSR count). The minimum Gasteiger partial charge on any atom is -0.462 e. The summed E-state index contributed by atoms with van der Waals surface area (Å²) in [6, 6.07) is 8.19. The van der Waals surface area contributed by atoms with E-state index in [9.17, 15) is 14.4 Å². The largest absolute Gasteiger partial charge is 0.462 e. The Balaban J connectivity index is 1.38. The quantitative estimate of drug-likeness (QED) is 0.579. The molecule has 0 saturated carbocycles. The average Bonchev–Trinajstić information content (AvgIpc) is 3.49. The molecular formula is C22H21N3O6. The van der Waals surface area contributed by atoms with Crippen molar-refractivity contribution in [2.24, 2.45) is 11.8 Å². The fourth-order valence-corrected chi connectivity index (χ4v) is 4.64. The van der Waals surface area contributed by atoms with Crippen molar-refractivity contribution in [2.75, 3.05) is 23.4 Å². The number of hydrogen-bond acceptors (Lipinski definition) is 7. The molecule has 3 aliphatic heterocycles. The number of hydrogen-bond donors (Lipinski definition) is 1. The lowest BCUT2D eigenvalue weighted by Gasteiger charge is -2.23. The molecule has 31 heavy (non-hydrogen) atoms. The first-order valence-corrected chi connectivity index (χ1v) is 10.1. The molecule has 3 aliphatic rings. The van der Waals surface area contributed by atoms with Gasteiger partial charge in [0.25, 0.3) is 0 Å². The normalized spacial score (nSPS) is 28.1. The van der Waals surface area contributed by atoms with Crippen LogP contribution in [-0.2, 0) is 19.1 Å². The molecule has 9 nitrogen and oxygen atoms in total. The van der Waals surface area contributed by atoms with Gasteiger partial charge in [-0.1, -0.05) is 23.4 Å². The number of nitrogens with one attached hydrogen (secondary N) is 1. The number of esters is 1. The van der Waals surface area contributed by atoms with Crippen molar-refractivity contribution in [1.29, 1.82) is 0 Å². The van der Waals surface area contributed by atoms with Gasteiger partial charge >= 0.3 is 5.97 Å². The van der Waals surface area contributed by atoms with Crippen molar-refractivity contribution in [3.05, 3.63) is 53.8 Å². The molecule has 2 bridgehead atoms. The highest BCUT2D eigenvalue weighted by Gasteiger charge is 2.67. The second kappa shape index (κ2) is 7.05. The summed E-state index contributed by atoms with van der Waals surface area (Å²) in [5.41, 5.74) is -0.0702. The zero-order chi connectivity index (χ0) is 21.8. The molecular weight excluding hydrogens is 402 g/mol. The highest BCUT2D eigenvalue weighted by atomic mass is 16.5. The molecule has 0 unspecified atom stereocenters. The molecule has 2 fully saturated rings. The third-order valence-electron chi connectivity index (χ3n) is 5.94. The Labute approximate surface area is 178 Å². The zero-order valence-corrected chi connectivity index (χ0v) is 17.0. The SMILES string of the molecule is CCOC(=O)c1cccc(NC(=O)[C@@H]2[C@H]3C(=O)N(c4cc(C)on4)C[C@@]34C=C[C@H]2O4)c1. The molecule has 4 heterocycles. The average molecular weight is 423 g/mol. The standard InChI is InChI=1S/C22H21N3O6/c1-3-29-21(28)13-5-4-6-14(10-13)23-19(26)17-15-7-8-22(30-15)11-25(20(27)18(17)22)16-9-12(2)31-24-16/h4-10,15,17-18H,3,11H2,1-2H3,(H,23,26)/t15-,17+,18+,22+/m1/s1. The van der Waals surface area contributed by atoms with E-state index in [1.165, 1.54) is 4.90 Å². The molecule has 1 N–H and O–H groups in total. The van der Waals surface area contributed by atoms with Crippen LogP contribution in [0.15, 0.2) is 47.0 Å². The lowest BCUT2D eigenvalue weighted by molar-refractivity contribution is -0.128. The predicted octanol–water partition coefficient (Wildman–Crippen LogP) is 2.08. The van der Waals surface area contributed by atoms with Crippen LogP contribution < -0.4 is 10.2 Å². The number of anilines is 2. The van der Waals surface area contributed by atoms with Gasteiger partial charge in [-0.15, -0.1) is 0 Å². The van der Waals surface area contributed by atoms with Crippen LogP contribution in [0.3, 0.4) is 0 Å². The molecule has 1 spiro atoms. The van der Waals surface area contributed by atoms with Gasteiger partial charge in [0.15, 0.2) is 5.82 Å². The van der Waals surface area contributed by atoms with Crippen LogP contribution in [0.5, 0.6) is 0 Å². The van der Waals surface area contributed by atoms with Crippen LogP contribution in [0.1, 0.15) is 23.0 Å². The third-order valence-corrected chi connectivity index (χ3v) is 5.94. The maximum Gasteiger partial charge on any atom is 0.338 e. The summed E-state index contributed by atoms with van der Waals surface area (Å²) in [6.45, 7) is 4.01. The van der Waals surface area contributed by atoms with Crippen molar-refractivity contribution in [1.82, 2.24) is 5.16 Å². The number of nitrogens with zero attached hydrogens (tertiary/aromatic N) is 2. The second-order valence-corrected chi connectivity index (χ2v) is 7.91. The van der Waals surface area contributed by atoms with Gasteiger partial charge in [0, 0.05) is 11.8 Å². The number of carbonyl (C=O) groups is 3. The Hall–Kier alpha value is -3.46. The number of fused-ring (bicyclic) bond motifs is 1. The summed E-state index contributed by atoms with van der Waals surface area (Å²) in [5.74, 6) is -1.38. The molecule has 4 atom stereocenters. The summed E-state index contributed by atoms with van der Waals surface area (Å²) in [4.78, 5) is 39.9. The van der Waals surface area contributed by atoms with Gasteiger partial charge in [-0.2, -0.15) is 0 Å². The summed E-state index contributed by atoms with van der Waals surface area (Å²) in [6.07, 6.45) is 3.22. The van der Waals surface area contributed by atoms with Gasteiger partial charge in [0.05, 0.1) is 36.7 Å². The van der Waals surface area contributed by atoms with Gasteiger partial charge < -0.3 is 19.3 Å². The fourth-order valence-electron chi connectivity index (χ4n) is 4.64. The number of amides is 2. The first-order chi connectivity index (χ1) is 14.9. The number of benzene rings is 1. The Bertz CT molecular complexity index is 1110. The molecule has 9 heteroatoms. The second-order valence-electron chi connectivity index (χ2n) is 7.91. The molecule has 0 radical (unpaired) electrons. The summed E-state index contributed by atoms with van der Waals surface area (Å²) in [7, 11) is 0. The number of carbonyl (C=O) groups excluding carboxylic acids is 3. The van der Waals surface area contributed by atoms with Crippen molar-refractivity contribution < 1.29 is 28.4 Å². The number of rotatable bonds is 5. The molecule has 2 amide bonds. The van der Waals surface area contributed by atoms with E-state index in [1.54, 1.807) is 44.2 Å². The monoisotopic (exact) mass is 423 g/mol. The van der Waals surface area contributed by atoms with E-state index in [2.05, 4.69) is 10.5 Å². The maximum atomic E-state index is 13.3. The Morgan fingerprint density at radius 2 is 2.19 bits per heavy atom. The molecule has 2 aromatic rings. The molecule has 0 aliphatic carbocycles. The summed E-state index contributed by atoms with van der Waals surface area (Å²) < 4.78 is 16.2.